The van der Waals surface area contributed by atoms with Gasteiger partial charge in [-0.2, -0.15) is 0 Å². The van der Waals surface area contributed by atoms with Gasteiger partial charge in [0.1, 0.15) is 11.6 Å². The largest absolute Gasteiger partial charge is 0.493 e. The van der Waals surface area contributed by atoms with E-state index in [0.717, 1.165) is 29.7 Å². The first kappa shape index (κ1) is 20.6. The van der Waals surface area contributed by atoms with Crippen LogP contribution in [0.3, 0.4) is 0 Å². The van der Waals surface area contributed by atoms with E-state index in [1.807, 2.05) is 39.0 Å². The van der Waals surface area contributed by atoms with Crippen LogP contribution in [0.2, 0.25) is 0 Å². The Bertz CT molecular complexity index is 922. The number of aliphatic carboxylic acids is 1. The molecule has 0 aliphatic carbocycles. The van der Waals surface area contributed by atoms with Crippen LogP contribution < -0.4 is 10.5 Å². The summed E-state index contributed by atoms with van der Waals surface area (Å²) in [5.74, 6) is 0.108. The van der Waals surface area contributed by atoms with E-state index in [-0.39, 0.29) is 0 Å². The predicted molar refractivity (Wildman–Crippen MR) is 112 cm³/mol. The van der Waals surface area contributed by atoms with E-state index in [4.69, 9.17) is 15.2 Å². The first-order chi connectivity index (χ1) is 13.1. The number of nitrogens with zero attached hydrogens (tertiary/aromatic N) is 1. The molecule has 7 heteroatoms. The summed E-state index contributed by atoms with van der Waals surface area (Å²) in [4.78, 5) is 16.5. The van der Waals surface area contributed by atoms with Crippen LogP contribution in [0.5, 0.6) is 5.75 Å². The molecule has 3 N–H and O–H groups in total. The summed E-state index contributed by atoms with van der Waals surface area (Å²) in [6, 6.07) is 5.88. The molecule has 0 saturated heterocycles. The number of fused-ring (bicyclic) bond motifs is 1. The summed E-state index contributed by atoms with van der Waals surface area (Å²) in [6.45, 7) is 7.95. The molecule has 0 amide bonds. The van der Waals surface area contributed by atoms with E-state index in [9.17, 15) is 9.90 Å². The maximum atomic E-state index is 12.1. The predicted octanol–water partition coefficient (Wildman–Crippen LogP) is 4.67. The first-order valence-electron chi connectivity index (χ1n) is 9.20. The van der Waals surface area contributed by atoms with Crippen LogP contribution in [-0.2, 0) is 16.0 Å². The zero-order valence-electron chi connectivity index (χ0n) is 16.5. The van der Waals surface area contributed by atoms with E-state index < -0.39 is 17.7 Å². The Balaban J connectivity index is 2.24. The lowest BCUT2D eigenvalue weighted by molar-refractivity contribution is -0.160. The molecule has 1 aromatic carbocycles. The number of halogens is 1. The van der Waals surface area contributed by atoms with E-state index in [1.54, 1.807) is 6.92 Å². The minimum absolute atomic E-state index is 0.310. The van der Waals surface area contributed by atoms with E-state index >= 15 is 0 Å². The average Bonchev–Trinajstić information content (AvgIpc) is 2.61. The quantitative estimate of drug-likeness (QED) is 0.705. The van der Waals surface area contributed by atoms with Crippen LogP contribution in [0.1, 0.15) is 50.1 Å². The molecule has 1 aliphatic rings. The molecular formula is C21H25BrN2O4. The second-order valence-corrected chi connectivity index (χ2v) is 8.70. The number of carbonyl (C=O) groups is 1. The normalized spacial score (nSPS) is 14.9. The number of ether oxygens (including phenoxy) is 2. The van der Waals surface area contributed by atoms with Gasteiger partial charge < -0.3 is 20.3 Å². The SMILES string of the molecule is Cc1nc(N)c(Br)c(-c2ccc3c(c2)CCCO3)c1[C@H](OC(C)(C)C)C(=O)O. The van der Waals surface area contributed by atoms with Gasteiger partial charge in [-0.15, -0.1) is 0 Å². The summed E-state index contributed by atoms with van der Waals surface area (Å²) in [5.41, 5.74) is 9.12. The van der Waals surface area contributed by atoms with Crippen molar-refractivity contribution in [2.45, 2.75) is 52.2 Å². The molecule has 1 aromatic heterocycles. The van der Waals surface area contributed by atoms with Gasteiger partial charge in [0.05, 0.1) is 16.7 Å². The number of anilines is 1. The van der Waals surface area contributed by atoms with E-state index in [0.29, 0.717) is 33.7 Å². The molecule has 150 valence electrons. The summed E-state index contributed by atoms with van der Waals surface area (Å²) < 4.78 is 12.2. The molecule has 1 aliphatic heterocycles. The molecule has 28 heavy (non-hydrogen) atoms. The van der Waals surface area contributed by atoms with Crippen LogP contribution in [0.25, 0.3) is 11.1 Å². The van der Waals surface area contributed by atoms with Crippen molar-refractivity contribution in [2.24, 2.45) is 0 Å². The van der Waals surface area contributed by atoms with Crippen LogP contribution in [0.4, 0.5) is 5.82 Å². The molecule has 1 atom stereocenters. The maximum absolute atomic E-state index is 12.1. The number of carboxylic acid groups (broad SMARTS) is 1. The second kappa shape index (κ2) is 7.72. The van der Waals surface area contributed by atoms with Crippen molar-refractivity contribution in [3.05, 3.63) is 39.5 Å². The standard InChI is InChI=1S/C21H25BrN2O4/c1-11-15(18(20(25)26)28-21(2,3)4)16(17(22)19(23)24-11)13-7-8-14-12(10-13)6-5-9-27-14/h7-8,10,18H,5-6,9H2,1-4H3,(H2,23,24)(H,25,26)/t18-/m0/s1. The topological polar surface area (TPSA) is 94.7 Å². The van der Waals surface area contributed by atoms with Gasteiger partial charge in [0.2, 0.25) is 0 Å². The molecule has 6 nitrogen and oxygen atoms in total. The average molecular weight is 449 g/mol. The molecule has 2 aromatic rings. The van der Waals surface area contributed by atoms with Crippen molar-refractivity contribution in [1.82, 2.24) is 4.98 Å². The van der Waals surface area contributed by atoms with Gasteiger partial charge in [-0.25, -0.2) is 9.78 Å². The van der Waals surface area contributed by atoms with Crippen molar-refractivity contribution in [1.29, 1.82) is 0 Å². The molecule has 2 heterocycles. The monoisotopic (exact) mass is 448 g/mol. The summed E-state index contributed by atoms with van der Waals surface area (Å²) in [7, 11) is 0. The van der Waals surface area contributed by atoms with Crippen LogP contribution in [0, 0.1) is 6.92 Å². The number of benzene rings is 1. The third kappa shape index (κ3) is 4.15. The molecule has 0 fully saturated rings. The summed E-state index contributed by atoms with van der Waals surface area (Å²) in [5, 5.41) is 9.92. The molecule has 3 rings (SSSR count). The zero-order valence-corrected chi connectivity index (χ0v) is 18.1. The Morgan fingerprint density at radius 2 is 2.11 bits per heavy atom. The Morgan fingerprint density at radius 1 is 1.39 bits per heavy atom. The second-order valence-electron chi connectivity index (χ2n) is 7.91. The van der Waals surface area contributed by atoms with Gasteiger partial charge in [-0.3, -0.25) is 0 Å². The Morgan fingerprint density at radius 3 is 2.75 bits per heavy atom. The van der Waals surface area contributed by atoms with Crippen molar-refractivity contribution in [3.63, 3.8) is 0 Å². The highest BCUT2D eigenvalue weighted by molar-refractivity contribution is 9.10. The Hall–Kier alpha value is -2.12. The molecule has 0 unspecified atom stereocenters. The minimum atomic E-state index is -1.17. The highest BCUT2D eigenvalue weighted by Gasteiger charge is 2.33. The fourth-order valence-electron chi connectivity index (χ4n) is 3.42. The molecular weight excluding hydrogens is 424 g/mol. The third-order valence-corrected chi connectivity index (χ3v) is 5.35. The molecule has 0 radical (unpaired) electrons. The van der Waals surface area contributed by atoms with E-state index in [2.05, 4.69) is 20.9 Å². The highest BCUT2D eigenvalue weighted by atomic mass is 79.9. The maximum Gasteiger partial charge on any atom is 0.337 e. The Labute approximate surface area is 173 Å². The van der Waals surface area contributed by atoms with E-state index in [1.165, 1.54) is 0 Å². The minimum Gasteiger partial charge on any atom is -0.493 e. The summed E-state index contributed by atoms with van der Waals surface area (Å²) >= 11 is 3.53. The smallest absolute Gasteiger partial charge is 0.337 e. The van der Waals surface area contributed by atoms with Gasteiger partial charge in [-0.1, -0.05) is 6.07 Å². The number of aromatic nitrogens is 1. The van der Waals surface area contributed by atoms with Gasteiger partial charge in [0.15, 0.2) is 6.10 Å². The molecule has 0 bridgehead atoms. The van der Waals surface area contributed by atoms with Crippen molar-refractivity contribution in [3.8, 4) is 16.9 Å². The summed E-state index contributed by atoms with van der Waals surface area (Å²) in [6.07, 6.45) is 0.690. The van der Waals surface area contributed by atoms with Gasteiger partial charge in [0, 0.05) is 16.8 Å². The number of hydrogen-bond donors (Lipinski definition) is 2. The fraction of sp³-hybridized carbons (Fsp3) is 0.429. The van der Waals surface area contributed by atoms with Gasteiger partial charge in [0.25, 0.3) is 0 Å². The van der Waals surface area contributed by atoms with Crippen molar-refractivity contribution < 1.29 is 19.4 Å². The molecule has 0 spiro atoms. The van der Waals surface area contributed by atoms with Crippen LogP contribution >= 0.6 is 15.9 Å². The number of nitrogens with two attached hydrogens (primary N) is 1. The van der Waals surface area contributed by atoms with Crippen LogP contribution in [-0.4, -0.2) is 28.3 Å². The zero-order chi connectivity index (χ0) is 20.6. The number of nitrogen functional groups attached to an aromatic ring is 1. The van der Waals surface area contributed by atoms with Gasteiger partial charge >= 0.3 is 5.97 Å². The lowest BCUT2D eigenvalue weighted by atomic mass is 9.92. The molecule has 0 saturated carbocycles. The Kier molecular flexibility index (Phi) is 5.68. The first-order valence-corrected chi connectivity index (χ1v) is 10.00. The van der Waals surface area contributed by atoms with Crippen molar-refractivity contribution >= 4 is 27.7 Å². The lowest BCUT2D eigenvalue weighted by Crippen LogP contribution is -2.28. The highest BCUT2D eigenvalue weighted by Crippen LogP contribution is 2.42. The number of hydrogen-bond acceptors (Lipinski definition) is 5. The van der Waals surface area contributed by atoms with Crippen LogP contribution in [0.15, 0.2) is 22.7 Å². The fourth-order valence-corrected chi connectivity index (χ4v) is 3.95. The number of rotatable bonds is 4. The lowest BCUT2D eigenvalue weighted by Gasteiger charge is -2.28. The number of aryl methyl sites for hydroxylation is 2. The number of carboxylic acids is 1. The van der Waals surface area contributed by atoms with Gasteiger partial charge in [-0.05, 0) is 79.7 Å². The van der Waals surface area contributed by atoms with Crippen molar-refractivity contribution in [2.75, 3.05) is 12.3 Å². The third-order valence-electron chi connectivity index (χ3n) is 4.55. The number of pyridine rings is 1.